The van der Waals surface area contributed by atoms with E-state index in [1.54, 1.807) is 0 Å². The predicted octanol–water partition coefficient (Wildman–Crippen LogP) is 2.38. The summed E-state index contributed by atoms with van der Waals surface area (Å²) in [4.78, 5) is 0.298. The molecule has 0 bridgehead atoms. The summed E-state index contributed by atoms with van der Waals surface area (Å²) in [5.41, 5.74) is 0.475. The van der Waals surface area contributed by atoms with E-state index < -0.39 is 9.84 Å². The minimum absolute atomic E-state index is 0.163. The van der Waals surface area contributed by atoms with E-state index in [0.29, 0.717) is 22.8 Å². The van der Waals surface area contributed by atoms with Gasteiger partial charge in [0.05, 0.1) is 22.3 Å². The SMILES string of the molecule is CC(C)CCS(=O)(=O)c1ccc(C#N)cc1. The molecule has 0 radical (unpaired) electrons. The van der Waals surface area contributed by atoms with E-state index >= 15 is 0 Å². The first-order valence-electron chi connectivity index (χ1n) is 5.18. The van der Waals surface area contributed by atoms with Gasteiger partial charge in [-0.3, -0.25) is 0 Å². The van der Waals surface area contributed by atoms with Gasteiger partial charge in [0.15, 0.2) is 9.84 Å². The third-order valence-electron chi connectivity index (χ3n) is 2.31. The van der Waals surface area contributed by atoms with Crippen molar-refractivity contribution in [3.8, 4) is 6.07 Å². The van der Waals surface area contributed by atoms with E-state index in [1.165, 1.54) is 24.3 Å². The summed E-state index contributed by atoms with van der Waals surface area (Å²) in [6, 6.07) is 8.01. The van der Waals surface area contributed by atoms with Crippen LogP contribution in [0.25, 0.3) is 0 Å². The molecule has 0 unspecified atom stereocenters. The Morgan fingerprint density at radius 1 is 1.25 bits per heavy atom. The maximum atomic E-state index is 11.9. The summed E-state index contributed by atoms with van der Waals surface area (Å²) in [5.74, 6) is 0.532. The average molecular weight is 237 g/mol. The lowest BCUT2D eigenvalue weighted by Gasteiger charge is -2.06. The molecule has 0 aliphatic carbocycles. The molecule has 86 valence electrons. The molecular formula is C12H15NO2S. The zero-order valence-corrected chi connectivity index (χ0v) is 10.3. The van der Waals surface area contributed by atoms with E-state index in [4.69, 9.17) is 5.26 Å². The molecule has 0 aromatic heterocycles. The molecular weight excluding hydrogens is 222 g/mol. The van der Waals surface area contributed by atoms with Crippen molar-refractivity contribution >= 4 is 9.84 Å². The summed E-state index contributed by atoms with van der Waals surface area (Å²) in [6.45, 7) is 3.99. The first kappa shape index (κ1) is 12.7. The Hall–Kier alpha value is -1.34. The lowest BCUT2D eigenvalue weighted by Crippen LogP contribution is -2.08. The summed E-state index contributed by atoms with van der Waals surface area (Å²) < 4.78 is 23.7. The second-order valence-corrected chi connectivity index (χ2v) is 6.25. The van der Waals surface area contributed by atoms with Crippen LogP contribution in [0.15, 0.2) is 29.2 Å². The smallest absolute Gasteiger partial charge is 0.178 e. The molecule has 3 nitrogen and oxygen atoms in total. The minimum atomic E-state index is -3.19. The fourth-order valence-corrected chi connectivity index (χ4v) is 2.81. The Morgan fingerprint density at radius 2 is 1.81 bits per heavy atom. The average Bonchev–Trinajstić information content (AvgIpc) is 2.27. The van der Waals surface area contributed by atoms with Crippen LogP contribution in [-0.2, 0) is 9.84 Å². The van der Waals surface area contributed by atoms with Gasteiger partial charge in [-0.05, 0) is 36.6 Å². The molecule has 1 aromatic carbocycles. The molecule has 1 rings (SSSR count). The number of sulfone groups is 1. The Balaban J connectivity index is 2.87. The third kappa shape index (κ3) is 3.35. The normalized spacial score (nSPS) is 11.4. The van der Waals surface area contributed by atoms with E-state index in [0.717, 1.165) is 0 Å². The maximum Gasteiger partial charge on any atom is 0.178 e. The van der Waals surface area contributed by atoms with Crippen LogP contribution in [0.4, 0.5) is 0 Å². The van der Waals surface area contributed by atoms with Gasteiger partial charge in [-0.25, -0.2) is 8.42 Å². The highest BCUT2D eigenvalue weighted by Gasteiger charge is 2.14. The van der Waals surface area contributed by atoms with Gasteiger partial charge in [-0.15, -0.1) is 0 Å². The van der Waals surface area contributed by atoms with Crippen LogP contribution in [-0.4, -0.2) is 14.2 Å². The number of hydrogen-bond acceptors (Lipinski definition) is 3. The predicted molar refractivity (Wildman–Crippen MR) is 62.7 cm³/mol. The number of nitriles is 1. The number of nitrogens with zero attached hydrogens (tertiary/aromatic N) is 1. The Labute approximate surface area is 96.6 Å². The van der Waals surface area contributed by atoms with Crippen LogP contribution in [0.3, 0.4) is 0 Å². The van der Waals surface area contributed by atoms with Crippen molar-refractivity contribution in [2.45, 2.75) is 25.2 Å². The highest BCUT2D eigenvalue weighted by Crippen LogP contribution is 2.14. The highest BCUT2D eigenvalue weighted by atomic mass is 32.2. The molecule has 0 aliphatic heterocycles. The lowest BCUT2D eigenvalue weighted by molar-refractivity contribution is 0.573. The van der Waals surface area contributed by atoms with Crippen LogP contribution in [0.5, 0.6) is 0 Å². The van der Waals surface area contributed by atoms with Crippen LogP contribution in [0.2, 0.25) is 0 Å². The molecule has 0 fully saturated rings. The molecule has 0 heterocycles. The van der Waals surface area contributed by atoms with Gasteiger partial charge < -0.3 is 0 Å². The number of rotatable bonds is 4. The zero-order valence-electron chi connectivity index (χ0n) is 9.47. The van der Waals surface area contributed by atoms with Crippen molar-refractivity contribution < 1.29 is 8.42 Å². The maximum absolute atomic E-state index is 11.9. The van der Waals surface area contributed by atoms with Gasteiger partial charge in [0.1, 0.15) is 0 Å². The molecule has 4 heteroatoms. The minimum Gasteiger partial charge on any atom is -0.224 e. The molecule has 1 aromatic rings. The fraction of sp³-hybridized carbons (Fsp3) is 0.417. The molecule has 0 aliphatic rings. The quantitative estimate of drug-likeness (QED) is 0.807. The van der Waals surface area contributed by atoms with Crippen molar-refractivity contribution in [1.29, 1.82) is 5.26 Å². The van der Waals surface area contributed by atoms with Crippen LogP contribution < -0.4 is 0 Å². The van der Waals surface area contributed by atoms with Gasteiger partial charge >= 0.3 is 0 Å². The van der Waals surface area contributed by atoms with Crippen molar-refractivity contribution in [2.75, 3.05) is 5.75 Å². The summed E-state index contributed by atoms with van der Waals surface area (Å²) in [5, 5.41) is 8.61. The number of hydrogen-bond donors (Lipinski definition) is 0. The molecule has 0 saturated heterocycles. The first-order valence-corrected chi connectivity index (χ1v) is 6.84. The van der Waals surface area contributed by atoms with Gasteiger partial charge in [-0.2, -0.15) is 5.26 Å². The Morgan fingerprint density at radius 3 is 2.25 bits per heavy atom. The largest absolute Gasteiger partial charge is 0.224 e. The van der Waals surface area contributed by atoms with Crippen molar-refractivity contribution in [2.24, 2.45) is 5.92 Å². The molecule has 16 heavy (non-hydrogen) atoms. The van der Waals surface area contributed by atoms with Crippen LogP contribution in [0.1, 0.15) is 25.8 Å². The van der Waals surface area contributed by atoms with Crippen molar-refractivity contribution in [3.63, 3.8) is 0 Å². The van der Waals surface area contributed by atoms with Crippen LogP contribution >= 0.6 is 0 Å². The summed E-state index contributed by atoms with van der Waals surface area (Å²) in [7, 11) is -3.19. The topological polar surface area (TPSA) is 57.9 Å². The van der Waals surface area contributed by atoms with Gasteiger partial charge in [-0.1, -0.05) is 13.8 Å². The third-order valence-corrected chi connectivity index (χ3v) is 4.07. The standard InChI is InChI=1S/C12H15NO2S/c1-10(2)7-8-16(14,15)12-5-3-11(9-13)4-6-12/h3-6,10H,7-8H2,1-2H3. The van der Waals surface area contributed by atoms with Gasteiger partial charge in [0.2, 0.25) is 0 Å². The van der Waals surface area contributed by atoms with E-state index in [-0.39, 0.29) is 5.75 Å². The fourth-order valence-electron chi connectivity index (χ4n) is 1.25. The Kier molecular flexibility index (Phi) is 4.08. The van der Waals surface area contributed by atoms with Crippen LogP contribution in [0, 0.1) is 17.2 Å². The number of benzene rings is 1. The van der Waals surface area contributed by atoms with Crippen molar-refractivity contribution in [1.82, 2.24) is 0 Å². The molecule has 0 amide bonds. The summed E-state index contributed by atoms with van der Waals surface area (Å²) in [6.07, 6.45) is 0.655. The summed E-state index contributed by atoms with van der Waals surface area (Å²) >= 11 is 0. The highest BCUT2D eigenvalue weighted by molar-refractivity contribution is 7.91. The monoisotopic (exact) mass is 237 g/mol. The van der Waals surface area contributed by atoms with E-state index in [1.807, 2.05) is 19.9 Å². The lowest BCUT2D eigenvalue weighted by atomic mass is 10.2. The second kappa shape index (κ2) is 5.13. The molecule has 0 spiro atoms. The molecule has 0 atom stereocenters. The van der Waals surface area contributed by atoms with Gasteiger partial charge in [0.25, 0.3) is 0 Å². The zero-order chi connectivity index (χ0) is 12.2. The van der Waals surface area contributed by atoms with Crippen molar-refractivity contribution in [3.05, 3.63) is 29.8 Å². The molecule has 0 saturated carbocycles. The second-order valence-electron chi connectivity index (χ2n) is 4.14. The first-order chi connectivity index (χ1) is 7.45. The van der Waals surface area contributed by atoms with E-state index in [9.17, 15) is 8.42 Å². The Bertz CT molecular complexity index is 481. The van der Waals surface area contributed by atoms with Gasteiger partial charge in [0, 0.05) is 0 Å². The van der Waals surface area contributed by atoms with E-state index in [2.05, 4.69) is 0 Å². The molecule has 0 N–H and O–H groups in total.